The van der Waals surface area contributed by atoms with E-state index in [-0.39, 0.29) is 11.6 Å². The second-order valence-corrected chi connectivity index (χ2v) is 8.60. The highest BCUT2D eigenvalue weighted by Gasteiger charge is 2.38. The van der Waals surface area contributed by atoms with Crippen LogP contribution in [0.1, 0.15) is 48.9 Å². The first-order valence-corrected chi connectivity index (χ1v) is 11.2. The highest BCUT2D eigenvalue weighted by molar-refractivity contribution is 6.32. The summed E-state index contributed by atoms with van der Waals surface area (Å²) in [6, 6.07) is 22.2. The van der Waals surface area contributed by atoms with E-state index < -0.39 is 0 Å². The number of ketones is 2. The van der Waals surface area contributed by atoms with Crippen LogP contribution >= 0.6 is 11.6 Å². The van der Waals surface area contributed by atoms with E-state index in [0.717, 1.165) is 25.9 Å². The minimum absolute atomic E-state index is 0.157. The summed E-state index contributed by atoms with van der Waals surface area (Å²) in [5.74, 6) is 0.439. The molecule has 6 rings (SSSR count). The summed E-state index contributed by atoms with van der Waals surface area (Å²) in [6.45, 7) is 2.23. The van der Waals surface area contributed by atoms with Gasteiger partial charge < -0.3 is 10.2 Å². The molecule has 160 valence electrons. The smallest absolute Gasteiger partial charge is 0.157 e. The molecule has 5 heteroatoms. The first-order valence-electron chi connectivity index (χ1n) is 10.8. The third kappa shape index (κ3) is 6.39. The molecule has 2 fully saturated rings. The Hall–Kier alpha value is -2.69. The lowest BCUT2D eigenvalue weighted by Gasteiger charge is -2.05. The van der Waals surface area contributed by atoms with E-state index in [1.807, 2.05) is 18.2 Å². The van der Waals surface area contributed by atoms with Gasteiger partial charge in [-0.05, 0) is 30.0 Å². The number of hydrogen-bond acceptors (Lipinski definition) is 4. The molecular formula is C26H27ClN2O2. The van der Waals surface area contributed by atoms with Crippen LogP contribution in [-0.2, 0) is 9.59 Å². The third-order valence-corrected chi connectivity index (χ3v) is 5.96. The molecule has 2 atom stereocenters. The lowest BCUT2D eigenvalue weighted by atomic mass is 10.2. The minimum atomic E-state index is 0.157. The molecule has 2 unspecified atom stereocenters. The average molecular weight is 435 g/mol. The van der Waals surface area contributed by atoms with Gasteiger partial charge in [-0.15, -0.1) is 0 Å². The fourth-order valence-electron chi connectivity index (χ4n) is 3.77. The summed E-state index contributed by atoms with van der Waals surface area (Å²) < 4.78 is 0. The standard InChI is InChI=1S/C13H13NO.C8H9N.C5H5ClO/c15-12-7-6-11(8-12)14-9-13(14)10-4-2-1-3-5-10;1-2-4-7(5-3-1)8-6-9-8;6-4-1-2-5(7)3-4/h1-5,8,13H,6-7,9H2;1-5,8-9H,6H2;3H,1-2H2. The van der Waals surface area contributed by atoms with Gasteiger partial charge in [0.2, 0.25) is 0 Å². The topological polar surface area (TPSA) is 59.1 Å². The fraction of sp³-hybridized carbons (Fsp3) is 0.308. The lowest BCUT2D eigenvalue weighted by Crippen LogP contribution is -1.95. The van der Waals surface area contributed by atoms with Crippen molar-refractivity contribution >= 4 is 23.2 Å². The molecule has 0 aromatic heterocycles. The van der Waals surface area contributed by atoms with Crippen molar-refractivity contribution in [1.82, 2.24) is 10.2 Å². The first-order chi connectivity index (χ1) is 15.1. The molecule has 0 saturated carbocycles. The molecule has 2 aliphatic heterocycles. The summed E-state index contributed by atoms with van der Waals surface area (Å²) in [7, 11) is 0. The predicted molar refractivity (Wildman–Crippen MR) is 124 cm³/mol. The molecule has 2 aromatic rings. The number of carbonyl (C=O) groups is 2. The van der Waals surface area contributed by atoms with E-state index in [4.69, 9.17) is 11.6 Å². The van der Waals surface area contributed by atoms with Crippen LogP contribution in [0, 0.1) is 0 Å². The minimum Gasteiger partial charge on any atom is -0.363 e. The van der Waals surface area contributed by atoms with E-state index in [1.165, 1.54) is 22.9 Å². The molecule has 4 aliphatic rings. The van der Waals surface area contributed by atoms with Crippen molar-refractivity contribution in [3.63, 3.8) is 0 Å². The zero-order chi connectivity index (χ0) is 21.6. The molecule has 0 radical (unpaired) electrons. The number of rotatable bonds is 3. The second-order valence-electron chi connectivity index (χ2n) is 8.11. The predicted octanol–water partition coefficient (Wildman–Crippen LogP) is 5.09. The van der Waals surface area contributed by atoms with Crippen LogP contribution in [0.15, 0.2) is 83.5 Å². The molecule has 31 heavy (non-hydrogen) atoms. The monoisotopic (exact) mass is 434 g/mol. The molecule has 2 saturated heterocycles. The quantitative estimate of drug-likeness (QED) is 0.683. The van der Waals surface area contributed by atoms with Crippen molar-refractivity contribution in [2.45, 2.75) is 37.8 Å². The van der Waals surface area contributed by atoms with E-state index in [0.29, 0.717) is 30.0 Å². The fourth-order valence-corrected chi connectivity index (χ4v) is 3.98. The highest BCUT2D eigenvalue weighted by atomic mass is 35.5. The number of benzene rings is 2. The maximum Gasteiger partial charge on any atom is 0.157 e. The average Bonchev–Trinajstić information content (AvgIpc) is 3.72. The Kier molecular flexibility index (Phi) is 7.00. The molecule has 2 aromatic carbocycles. The van der Waals surface area contributed by atoms with Gasteiger partial charge in [0.25, 0.3) is 0 Å². The van der Waals surface area contributed by atoms with E-state index in [9.17, 15) is 9.59 Å². The zero-order valence-corrected chi connectivity index (χ0v) is 18.2. The van der Waals surface area contributed by atoms with Gasteiger partial charge in [-0.3, -0.25) is 9.59 Å². The maximum absolute atomic E-state index is 11.1. The van der Waals surface area contributed by atoms with Crippen LogP contribution in [-0.4, -0.2) is 29.6 Å². The van der Waals surface area contributed by atoms with E-state index in [2.05, 4.69) is 58.7 Å². The Morgan fingerprint density at radius 1 is 0.774 bits per heavy atom. The molecule has 0 spiro atoms. The number of halogens is 1. The van der Waals surface area contributed by atoms with Gasteiger partial charge in [0.15, 0.2) is 11.6 Å². The molecule has 2 aliphatic carbocycles. The normalized spacial score (nSPS) is 23.2. The Bertz CT molecular complexity index is 981. The van der Waals surface area contributed by atoms with Gasteiger partial charge in [0.1, 0.15) is 0 Å². The second kappa shape index (κ2) is 10.1. The summed E-state index contributed by atoms with van der Waals surface area (Å²) in [4.78, 5) is 23.7. The number of nitrogens with one attached hydrogen (secondary N) is 1. The number of nitrogens with zero attached hydrogens (tertiary/aromatic N) is 1. The molecule has 0 amide bonds. The van der Waals surface area contributed by atoms with E-state index in [1.54, 1.807) is 0 Å². The molecule has 1 N–H and O–H groups in total. The molecular weight excluding hydrogens is 408 g/mol. The number of allylic oxidation sites excluding steroid dienone is 4. The van der Waals surface area contributed by atoms with Crippen LogP contribution in [0.25, 0.3) is 0 Å². The third-order valence-electron chi connectivity index (χ3n) is 5.66. The molecule has 0 bridgehead atoms. The SMILES string of the molecule is O=C1C=C(Cl)CC1.O=C1C=C(N2CC2c2ccccc2)CC1.c1ccc(C2CN2)cc1. The summed E-state index contributed by atoms with van der Waals surface area (Å²) in [6.07, 6.45) is 6.29. The van der Waals surface area contributed by atoms with Crippen molar-refractivity contribution < 1.29 is 9.59 Å². The summed E-state index contributed by atoms with van der Waals surface area (Å²) in [5.41, 5.74) is 4.00. The van der Waals surface area contributed by atoms with Crippen LogP contribution in [0.4, 0.5) is 0 Å². The van der Waals surface area contributed by atoms with Crippen molar-refractivity contribution in [3.8, 4) is 0 Å². The molecule has 2 heterocycles. The van der Waals surface area contributed by atoms with Gasteiger partial charge in [-0.25, -0.2) is 0 Å². The Balaban J connectivity index is 0.000000123. The zero-order valence-electron chi connectivity index (χ0n) is 17.5. The lowest BCUT2D eigenvalue weighted by molar-refractivity contribution is -0.114. The Labute approximate surface area is 188 Å². The van der Waals surface area contributed by atoms with E-state index >= 15 is 0 Å². The van der Waals surface area contributed by atoms with Gasteiger partial charge in [0, 0.05) is 48.8 Å². The highest BCUT2D eigenvalue weighted by Crippen LogP contribution is 2.41. The van der Waals surface area contributed by atoms with Crippen LogP contribution in [0.5, 0.6) is 0 Å². The van der Waals surface area contributed by atoms with Crippen LogP contribution in [0.2, 0.25) is 0 Å². The maximum atomic E-state index is 11.1. The largest absolute Gasteiger partial charge is 0.363 e. The van der Waals surface area contributed by atoms with Gasteiger partial charge in [-0.2, -0.15) is 0 Å². The summed E-state index contributed by atoms with van der Waals surface area (Å²) in [5, 5.41) is 3.95. The Morgan fingerprint density at radius 3 is 1.81 bits per heavy atom. The summed E-state index contributed by atoms with van der Waals surface area (Å²) >= 11 is 5.45. The van der Waals surface area contributed by atoms with Crippen molar-refractivity contribution in [2.75, 3.05) is 13.1 Å². The van der Waals surface area contributed by atoms with Gasteiger partial charge in [0.05, 0.1) is 6.04 Å². The van der Waals surface area contributed by atoms with Crippen molar-refractivity contribution in [1.29, 1.82) is 0 Å². The molecule has 4 nitrogen and oxygen atoms in total. The van der Waals surface area contributed by atoms with Crippen LogP contribution in [0.3, 0.4) is 0 Å². The van der Waals surface area contributed by atoms with Crippen molar-refractivity contribution in [3.05, 3.63) is 94.7 Å². The van der Waals surface area contributed by atoms with Gasteiger partial charge >= 0.3 is 0 Å². The number of hydrogen-bond donors (Lipinski definition) is 1. The first kappa shape index (κ1) is 21.5. The van der Waals surface area contributed by atoms with Crippen molar-refractivity contribution in [2.24, 2.45) is 0 Å². The Morgan fingerprint density at radius 2 is 1.35 bits per heavy atom. The van der Waals surface area contributed by atoms with Gasteiger partial charge in [-0.1, -0.05) is 72.3 Å². The van der Waals surface area contributed by atoms with Crippen LogP contribution < -0.4 is 5.32 Å². The number of carbonyl (C=O) groups excluding carboxylic acids is 2.